The van der Waals surface area contributed by atoms with Crippen molar-refractivity contribution in [2.45, 2.75) is 38.6 Å². The van der Waals surface area contributed by atoms with Crippen LogP contribution >= 0.6 is 0 Å². The maximum atomic E-state index is 4.32. The maximum absolute atomic E-state index is 4.32. The average Bonchev–Trinajstić information content (AvgIpc) is 2.97. The lowest BCUT2D eigenvalue weighted by atomic mass is 9.92. The lowest BCUT2D eigenvalue weighted by Gasteiger charge is -2.13. The number of hydrogen-bond acceptors (Lipinski definition) is 4. The molecule has 2 aromatic heterocycles. The van der Waals surface area contributed by atoms with E-state index >= 15 is 0 Å². The summed E-state index contributed by atoms with van der Waals surface area (Å²) >= 11 is 0. The van der Waals surface area contributed by atoms with Gasteiger partial charge in [0, 0.05) is 24.9 Å². The van der Waals surface area contributed by atoms with E-state index in [0.29, 0.717) is 5.92 Å². The molecule has 5 heteroatoms. The monoisotopic (exact) mass is 283 g/mol. The summed E-state index contributed by atoms with van der Waals surface area (Å²) in [5.74, 6) is 1.45. The van der Waals surface area contributed by atoms with Gasteiger partial charge in [-0.2, -0.15) is 0 Å². The van der Waals surface area contributed by atoms with E-state index in [-0.39, 0.29) is 0 Å². The van der Waals surface area contributed by atoms with Gasteiger partial charge in [-0.3, -0.25) is 4.68 Å². The van der Waals surface area contributed by atoms with Gasteiger partial charge in [-0.15, -0.1) is 5.10 Å². The summed E-state index contributed by atoms with van der Waals surface area (Å²) in [5, 5.41) is 11.8. The number of anilines is 1. The number of nitrogens with zero attached hydrogens (tertiary/aromatic N) is 4. The van der Waals surface area contributed by atoms with E-state index in [0.717, 1.165) is 37.4 Å². The molecule has 0 spiro atoms. The standard InChI is InChI=1S/C16H21N5/c1-13-7-8-17-16(11-13)18-9-10-21-12-15(19-20-21)14-5-3-2-4-6-14/h2-3,7-8,11-12,14H,4-6,9-10H2,1H3,(H,17,18). The maximum Gasteiger partial charge on any atom is 0.126 e. The SMILES string of the molecule is Cc1ccnc(NCCn2cc(C3CC=CCC3)nn2)c1. The summed E-state index contributed by atoms with van der Waals surface area (Å²) in [6.07, 6.45) is 11.8. The summed E-state index contributed by atoms with van der Waals surface area (Å²) in [7, 11) is 0. The van der Waals surface area contributed by atoms with E-state index in [1.165, 1.54) is 12.0 Å². The first kappa shape index (κ1) is 13.8. The minimum Gasteiger partial charge on any atom is -0.368 e. The Labute approximate surface area is 125 Å². The van der Waals surface area contributed by atoms with Gasteiger partial charge in [0.05, 0.1) is 12.2 Å². The molecule has 0 bridgehead atoms. The number of hydrogen-bond donors (Lipinski definition) is 1. The van der Waals surface area contributed by atoms with Gasteiger partial charge in [0.15, 0.2) is 0 Å². The summed E-state index contributed by atoms with van der Waals surface area (Å²) in [6, 6.07) is 4.04. The molecule has 0 saturated heterocycles. The second kappa shape index (κ2) is 6.52. The van der Waals surface area contributed by atoms with Gasteiger partial charge in [0.2, 0.25) is 0 Å². The van der Waals surface area contributed by atoms with Crippen LogP contribution in [0.15, 0.2) is 36.7 Å². The zero-order chi connectivity index (χ0) is 14.5. The summed E-state index contributed by atoms with van der Waals surface area (Å²) in [4.78, 5) is 4.29. The highest BCUT2D eigenvalue weighted by atomic mass is 15.4. The van der Waals surface area contributed by atoms with Crippen molar-refractivity contribution in [2.24, 2.45) is 0 Å². The van der Waals surface area contributed by atoms with Crippen molar-refractivity contribution in [1.29, 1.82) is 0 Å². The zero-order valence-electron chi connectivity index (χ0n) is 12.4. The van der Waals surface area contributed by atoms with Crippen LogP contribution < -0.4 is 5.32 Å². The predicted molar refractivity (Wildman–Crippen MR) is 83.2 cm³/mol. The Morgan fingerprint density at radius 2 is 2.33 bits per heavy atom. The second-order valence-electron chi connectivity index (χ2n) is 5.53. The number of aryl methyl sites for hydroxylation is 1. The van der Waals surface area contributed by atoms with E-state index in [1.54, 1.807) is 0 Å². The molecule has 0 aliphatic heterocycles. The van der Waals surface area contributed by atoms with E-state index in [2.05, 4.69) is 45.9 Å². The fourth-order valence-electron chi connectivity index (χ4n) is 2.60. The molecule has 1 unspecified atom stereocenters. The van der Waals surface area contributed by atoms with Crippen LogP contribution in [0.5, 0.6) is 0 Å². The normalized spacial score (nSPS) is 17.9. The third kappa shape index (κ3) is 3.68. The summed E-state index contributed by atoms with van der Waals surface area (Å²) in [6.45, 7) is 3.66. The fraction of sp³-hybridized carbons (Fsp3) is 0.438. The molecule has 110 valence electrons. The van der Waals surface area contributed by atoms with Crippen molar-refractivity contribution in [1.82, 2.24) is 20.0 Å². The molecule has 3 rings (SSSR count). The van der Waals surface area contributed by atoms with Crippen LogP contribution in [0.4, 0.5) is 5.82 Å². The molecule has 1 atom stereocenters. The van der Waals surface area contributed by atoms with Crippen molar-refractivity contribution >= 4 is 5.82 Å². The minimum absolute atomic E-state index is 0.537. The highest BCUT2D eigenvalue weighted by Crippen LogP contribution is 2.27. The summed E-state index contributed by atoms with van der Waals surface area (Å²) in [5.41, 5.74) is 2.33. The Balaban J connectivity index is 1.52. The molecule has 2 heterocycles. The lowest BCUT2D eigenvalue weighted by molar-refractivity contribution is 0.595. The van der Waals surface area contributed by atoms with Crippen molar-refractivity contribution in [2.75, 3.05) is 11.9 Å². The molecule has 0 fully saturated rings. The topological polar surface area (TPSA) is 55.6 Å². The number of rotatable bonds is 5. The van der Waals surface area contributed by atoms with Crippen LogP contribution in [0.25, 0.3) is 0 Å². The first-order valence-electron chi connectivity index (χ1n) is 7.53. The van der Waals surface area contributed by atoms with E-state index in [1.807, 2.05) is 23.0 Å². The molecular formula is C16H21N5. The molecule has 1 aliphatic rings. The molecule has 1 aliphatic carbocycles. The summed E-state index contributed by atoms with van der Waals surface area (Å²) < 4.78 is 1.91. The van der Waals surface area contributed by atoms with Gasteiger partial charge in [-0.1, -0.05) is 17.4 Å². The number of allylic oxidation sites excluding steroid dienone is 2. The Kier molecular flexibility index (Phi) is 4.28. The van der Waals surface area contributed by atoms with Crippen LogP contribution in [0.3, 0.4) is 0 Å². The van der Waals surface area contributed by atoms with Gasteiger partial charge in [-0.05, 0) is 43.9 Å². The minimum atomic E-state index is 0.537. The molecule has 0 amide bonds. The second-order valence-corrected chi connectivity index (χ2v) is 5.53. The van der Waals surface area contributed by atoms with Crippen LogP contribution in [0.1, 0.15) is 36.4 Å². The smallest absolute Gasteiger partial charge is 0.126 e. The Morgan fingerprint density at radius 3 is 3.14 bits per heavy atom. The van der Waals surface area contributed by atoms with Gasteiger partial charge in [0.1, 0.15) is 5.82 Å². The number of aromatic nitrogens is 4. The van der Waals surface area contributed by atoms with Crippen molar-refractivity contribution < 1.29 is 0 Å². The van der Waals surface area contributed by atoms with E-state index in [4.69, 9.17) is 0 Å². The van der Waals surface area contributed by atoms with E-state index in [9.17, 15) is 0 Å². The molecule has 1 N–H and O–H groups in total. The van der Waals surface area contributed by atoms with Crippen LogP contribution in [-0.4, -0.2) is 26.5 Å². The van der Waals surface area contributed by atoms with Gasteiger partial charge in [-0.25, -0.2) is 4.98 Å². The van der Waals surface area contributed by atoms with Crippen molar-refractivity contribution in [3.05, 3.63) is 47.9 Å². The lowest BCUT2D eigenvalue weighted by Crippen LogP contribution is -2.11. The van der Waals surface area contributed by atoms with Crippen molar-refractivity contribution in [3.8, 4) is 0 Å². The third-order valence-electron chi connectivity index (χ3n) is 3.81. The number of pyridine rings is 1. The molecule has 0 aromatic carbocycles. The average molecular weight is 283 g/mol. The molecule has 21 heavy (non-hydrogen) atoms. The first-order valence-corrected chi connectivity index (χ1v) is 7.53. The Morgan fingerprint density at radius 1 is 1.38 bits per heavy atom. The molecule has 0 radical (unpaired) electrons. The Hall–Kier alpha value is -2.17. The van der Waals surface area contributed by atoms with Gasteiger partial charge >= 0.3 is 0 Å². The third-order valence-corrected chi connectivity index (χ3v) is 3.81. The molecule has 2 aromatic rings. The van der Waals surface area contributed by atoms with E-state index < -0.39 is 0 Å². The molecule has 5 nitrogen and oxygen atoms in total. The molecule has 0 saturated carbocycles. The Bertz CT molecular complexity index is 617. The quantitative estimate of drug-likeness (QED) is 0.857. The van der Waals surface area contributed by atoms with Crippen LogP contribution in [0, 0.1) is 6.92 Å². The first-order chi connectivity index (χ1) is 10.3. The molecular weight excluding hydrogens is 262 g/mol. The van der Waals surface area contributed by atoms with Crippen molar-refractivity contribution in [3.63, 3.8) is 0 Å². The largest absolute Gasteiger partial charge is 0.368 e. The highest BCUT2D eigenvalue weighted by molar-refractivity contribution is 5.36. The van der Waals surface area contributed by atoms with Gasteiger partial charge in [0.25, 0.3) is 0 Å². The highest BCUT2D eigenvalue weighted by Gasteiger charge is 2.15. The predicted octanol–water partition coefficient (Wildman–Crippen LogP) is 2.92. The van der Waals surface area contributed by atoms with Crippen LogP contribution in [0.2, 0.25) is 0 Å². The van der Waals surface area contributed by atoms with Gasteiger partial charge < -0.3 is 5.32 Å². The van der Waals surface area contributed by atoms with Crippen LogP contribution in [-0.2, 0) is 6.54 Å². The fourth-order valence-corrected chi connectivity index (χ4v) is 2.60. The number of nitrogens with one attached hydrogen (secondary N) is 1. The zero-order valence-corrected chi connectivity index (χ0v) is 12.4.